The molecule has 8 heteroatoms. The number of nitrogens with zero attached hydrogens (tertiary/aromatic N) is 2. The van der Waals surface area contributed by atoms with Crippen molar-refractivity contribution < 1.29 is 26.3 Å². The number of halogens is 6. The van der Waals surface area contributed by atoms with Crippen LogP contribution >= 0.6 is 0 Å². The monoisotopic (exact) mass is 292 g/mol. The van der Waals surface area contributed by atoms with Crippen molar-refractivity contribution in [3.63, 3.8) is 0 Å². The minimum atomic E-state index is -4.83. The minimum absolute atomic E-state index is 0.435. The summed E-state index contributed by atoms with van der Waals surface area (Å²) in [5, 5.41) is 5.57. The maximum absolute atomic E-state index is 12.9. The molecule has 2 bridgehead atoms. The van der Waals surface area contributed by atoms with Gasteiger partial charge in [-0.3, -0.25) is 0 Å². The van der Waals surface area contributed by atoms with Gasteiger partial charge in [0.05, 0.1) is 0 Å². The zero-order valence-electron chi connectivity index (χ0n) is 9.63. The lowest BCUT2D eigenvalue weighted by Gasteiger charge is -2.31. The van der Waals surface area contributed by atoms with E-state index in [4.69, 9.17) is 0 Å². The van der Waals surface area contributed by atoms with Gasteiger partial charge in [-0.15, -0.1) is 10.2 Å². The maximum atomic E-state index is 12.9. The third-order valence-corrected chi connectivity index (χ3v) is 3.31. The second kappa shape index (κ2) is 3.83. The normalized spacial score (nSPS) is 24.1. The second-order valence-corrected chi connectivity index (χ2v) is 4.54. The Bertz CT molecular complexity index is 559. The van der Waals surface area contributed by atoms with Gasteiger partial charge in [-0.1, -0.05) is 24.3 Å². The Kier molecular flexibility index (Phi) is 2.52. The average Bonchev–Trinajstić information content (AvgIpc) is 2.36. The molecule has 0 aliphatic heterocycles. The van der Waals surface area contributed by atoms with E-state index in [0.717, 1.165) is 0 Å². The fourth-order valence-corrected chi connectivity index (χ4v) is 2.55. The highest BCUT2D eigenvalue weighted by Crippen LogP contribution is 2.48. The van der Waals surface area contributed by atoms with E-state index < -0.39 is 46.7 Å². The summed E-state index contributed by atoms with van der Waals surface area (Å²) in [6, 6.07) is 0. The van der Waals surface area contributed by atoms with Crippen molar-refractivity contribution in [2.24, 2.45) is 0 Å². The van der Waals surface area contributed by atoms with Gasteiger partial charge in [-0.05, 0) is 0 Å². The van der Waals surface area contributed by atoms with Crippen molar-refractivity contribution in [3.05, 3.63) is 46.8 Å². The van der Waals surface area contributed by atoms with Gasteiger partial charge in [-0.2, -0.15) is 26.3 Å². The van der Waals surface area contributed by atoms with Crippen LogP contribution in [0.2, 0.25) is 0 Å². The molecule has 3 aliphatic rings. The molecule has 0 N–H and O–H groups in total. The lowest BCUT2D eigenvalue weighted by Crippen LogP contribution is -2.27. The molecule has 106 valence electrons. The second-order valence-electron chi connectivity index (χ2n) is 4.54. The highest BCUT2D eigenvalue weighted by Gasteiger charge is 2.46. The van der Waals surface area contributed by atoms with E-state index in [1.54, 1.807) is 0 Å². The predicted molar refractivity (Wildman–Crippen MR) is 55.8 cm³/mol. The quantitative estimate of drug-likeness (QED) is 0.536. The Morgan fingerprint density at radius 3 is 1.20 bits per heavy atom. The SMILES string of the molecule is FC(F)(F)c1nnc(C(F)(F)F)c2c1C1C=CC2C=C1. The summed E-state index contributed by atoms with van der Waals surface area (Å²) in [4.78, 5) is 0. The van der Waals surface area contributed by atoms with Gasteiger partial charge in [0, 0.05) is 23.0 Å². The molecule has 3 aliphatic carbocycles. The maximum Gasteiger partial charge on any atom is 0.435 e. The molecule has 20 heavy (non-hydrogen) atoms. The van der Waals surface area contributed by atoms with Crippen LogP contribution < -0.4 is 0 Å². The van der Waals surface area contributed by atoms with Gasteiger partial charge in [0.25, 0.3) is 0 Å². The molecule has 1 heterocycles. The molecule has 0 amide bonds. The summed E-state index contributed by atoms with van der Waals surface area (Å²) in [6.07, 6.45) is -3.87. The van der Waals surface area contributed by atoms with Crippen LogP contribution in [-0.4, -0.2) is 10.2 Å². The first-order valence-corrected chi connectivity index (χ1v) is 5.61. The lowest BCUT2D eigenvalue weighted by atomic mass is 9.75. The number of aromatic nitrogens is 2. The fraction of sp³-hybridized carbons (Fsp3) is 0.333. The molecule has 0 unspecified atom stereocenters. The zero-order valence-corrected chi connectivity index (χ0v) is 9.63. The number of allylic oxidation sites excluding steroid dienone is 4. The van der Waals surface area contributed by atoms with Crippen LogP contribution in [0, 0.1) is 0 Å². The van der Waals surface area contributed by atoms with E-state index in [0.29, 0.717) is 0 Å². The first-order chi connectivity index (χ1) is 9.19. The van der Waals surface area contributed by atoms with Gasteiger partial charge in [-0.25, -0.2) is 0 Å². The van der Waals surface area contributed by atoms with Gasteiger partial charge < -0.3 is 0 Å². The molecular formula is C12H6F6N2. The number of alkyl halides is 6. The topological polar surface area (TPSA) is 25.8 Å². The van der Waals surface area contributed by atoms with Crippen LogP contribution in [0.15, 0.2) is 24.3 Å². The Morgan fingerprint density at radius 2 is 0.950 bits per heavy atom. The van der Waals surface area contributed by atoms with E-state index in [1.807, 2.05) is 0 Å². The molecule has 0 saturated heterocycles. The molecule has 1 aromatic heterocycles. The summed E-state index contributed by atoms with van der Waals surface area (Å²) in [5.41, 5.74) is -3.56. The van der Waals surface area contributed by atoms with Crippen molar-refractivity contribution in [1.29, 1.82) is 0 Å². The molecule has 1 aromatic rings. The fourth-order valence-electron chi connectivity index (χ4n) is 2.55. The van der Waals surface area contributed by atoms with E-state index in [2.05, 4.69) is 10.2 Å². The average molecular weight is 292 g/mol. The van der Waals surface area contributed by atoms with Crippen LogP contribution in [0.1, 0.15) is 34.4 Å². The van der Waals surface area contributed by atoms with Crippen molar-refractivity contribution >= 4 is 0 Å². The Balaban J connectivity index is 2.32. The van der Waals surface area contributed by atoms with Crippen LogP contribution in [0.4, 0.5) is 26.3 Å². The van der Waals surface area contributed by atoms with E-state index in [-0.39, 0.29) is 0 Å². The van der Waals surface area contributed by atoms with Crippen molar-refractivity contribution in [3.8, 4) is 0 Å². The number of rotatable bonds is 0. The smallest absolute Gasteiger partial charge is 0.164 e. The largest absolute Gasteiger partial charge is 0.435 e. The molecule has 0 radical (unpaired) electrons. The van der Waals surface area contributed by atoms with Gasteiger partial charge >= 0.3 is 12.4 Å². The molecule has 4 rings (SSSR count). The van der Waals surface area contributed by atoms with Crippen LogP contribution in [-0.2, 0) is 12.4 Å². The first-order valence-electron chi connectivity index (χ1n) is 5.61. The van der Waals surface area contributed by atoms with E-state index >= 15 is 0 Å². The molecule has 0 fully saturated rings. The van der Waals surface area contributed by atoms with Crippen LogP contribution in [0.25, 0.3) is 0 Å². The number of hydrogen-bond acceptors (Lipinski definition) is 2. The van der Waals surface area contributed by atoms with Crippen molar-refractivity contribution in [2.45, 2.75) is 24.2 Å². The van der Waals surface area contributed by atoms with E-state index in [9.17, 15) is 26.3 Å². The van der Waals surface area contributed by atoms with Crippen LogP contribution in [0.5, 0.6) is 0 Å². The first kappa shape index (κ1) is 13.1. The molecule has 0 atom stereocenters. The van der Waals surface area contributed by atoms with Gasteiger partial charge in [0.1, 0.15) is 0 Å². The number of hydrogen-bond donors (Lipinski definition) is 0. The lowest BCUT2D eigenvalue weighted by molar-refractivity contribution is -0.149. The summed E-state index contributed by atoms with van der Waals surface area (Å²) in [6.45, 7) is 0. The van der Waals surface area contributed by atoms with E-state index in [1.165, 1.54) is 24.3 Å². The highest BCUT2D eigenvalue weighted by molar-refractivity contribution is 5.54. The summed E-state index contributed by atoms with van der Waals surface area (Å²) in [7, 11) is 0. The molecule has 2 nitrogen and oxygen atoms in total. The highest BCUT2D eigenvalue weighted by atomic mass is 19.4. The molecule has 0 spiro atoms. The van der Waals surface area contributed by atoms with Crippen LogP contribution in [0.3, 0.4) is 0 Å². The third-order valence-electron chi connectivity index (χ3n) is 3.31. The van der Waals surface area contributed by atoms with Gasteiger partial charge in [0.15, 0.2) is 11.4 Å². The molecule has 0 aromatic carbocycles. The minimum Gasteiger partial charge on any atom is -0.164 e. The summed E-state index contributed by atoms with van der Waals surface area (Å²) >= 11 is 0. The van der Waals surface area contributed by atoms with Gasteiger partial charge in [0.2, 0.25) is 0 Å². The van der Waals surface area contributed by atoms with Crippen molar-refractivity contribution in [2.75, 3.05) is 0 Å². The summed E-state index contributed by atoms with van der Waals surface area (Å²) in [5.74, 6) is -1.69. The Hall–Kier alpha value is -1.86. The summed E-state index contributed by atoms with van der Waals surface area (Å²) < 4.78 is 77.4. The predicted octanol–water partition coefficient (Wildman–Crippen LogP) is 3.82. The Morgan fingerprint density at radius 1 is 0.650 bits per heavy atom. The zero-order chi connectivity index (χ0) is 14.7. The molecular weight excluding hydrogens is 286 g/mol. The third kappa shape index (κ3) is 1.82. The van der Waals surface area contributed by atoms with Crippen molar-refractivity contribution in [1.82, 2.24) is 10.2 Å². The Labute approximate surface area is 108 Å². The standard InChI is InChI=1S/C12H6F6N2/c13-11(14,15)9-7-5-1-2-6(4-3-5)8(7)10(20-19-9)12(16,17)18/h1-6H. The molecule has 0 saturated carbocycles.